The van der Waals surface area contributed by atoms with Crippen LogP contribution >= 0.6 is 0 Å². The number of hydrogen-bond acceptors (Lipinski definition) is 2. The first kappa shape index (κ1) is 15.1. The zero-order valence-electron chi connectivity index (χ0n) is 12.4. The van der Waals surface area contributed by atoms with Crippen LogP contribution in [0.5, 0.6) is 0 Å². The third-order valence-corrected chi connectivity index (χ3v) is 5.13. The van der Waals surface area contributed by atoms with Crippen LogP contribution in [-0.2, 0) is 4.79 Å². The van der Waals surface area contributed by atoms with Gasteiger partial charge in [0.1, 0.15) is 0 Å². The molecule has 0 radical (unpaired) electrons. The molecule has 0 aliphatic heterocycles. The highest BCUT2D eigenvalue weighted by Crippen LogP contribution is 2.51. The number of carbonyl (C=O) groups excluding carboxylic acids is 1. The molecule has 5 nitrogen and oxygen atoms in total. The summed E-state index contributed by atoms with van der Waals surface area (Å²) >= 11 is 0. The fourth-order valence-corrected chi connectivity index (χ4v) is 3.10. The summed E-state index contributed by atoms with van der Waals surface area (Å²) in [6.45, 7) is 5.17. The third-order valence-electron chi connectivity index (χ3n) is 5.13. The Morgan fingerprint density at radius 3 is 2.25 bits per heavy atom. The van der Waals surface area contributed by atoms with Gasteiger partial charge in [-0.15, -0.1) is 0 Å². The maximum absolute atomic E-state index is 11.9. The van der Waals surface area contributed by atoms with Gasteiger partial charge in [0.15, 0.2) is 0 Å². The second-order valence-corrected chi connectivity index (χ2v) is 6.73. The Morgan fingerprint density at radius 2 is 1.80 bits per heavy atom. The lowest BCUT2D eigenvalue weighted by molar-refractivity contribution is -0.142. The van der Waals surface area contributed by atoms with Gasteiger partial charge in [-0.25, -0.2) is 4.79 Å². The third kappa shape index (κ3) is 3.64. The van der Waals surface area contributed by atoms with Crippen molar-refractivity contribution >= 4 is 12.0 Å². The van der Waals surface area contributed by atoms with Gasteiger partial charge in [-0.2, -0.15) is 0 Å². The molecule has 0 bridgehead atoms. The van der Waals surface area contributed by atoms with E-state index in [1.807, 2.05) is 0 Å². The van der Waals surface area contributed by atoms with Crippen LogP contribution in [-0.4, -0.2) is 29.7 Å². The minimum absolute atomic E-state index is 0.101. The zero-order chi connectivity index (χ0) is 14.8. The molecule has 2 rings (SSSR count). The molecule has 20 heavy (non-hydrogen) atoms. The van der Waals surface area contributed by atoms with Crippen molar-refractivity contribution in [2.45, 2.75) is 58.4 Å². The molecular formula is C15H26N2O3. The molecule has 0 spiro atoms. The van der Waals surface area contributed by atoms with E-state index in [1.165, 1.54) is 12.8 Å². The number of hydrogen-bond donors (Lipinski definition) is 3. The number of carbonyl (C=O) groups is 2. The topological polar surface area (TPSA) is 78.4 Å². The summed E-state index contributed by atoms with van der Waals surface area (Å²) in [4.78, 5) is 22.8. The normalized spacial score (nSPS) is 27.9. The highest BCUT2D eigenvalue weighted by Gasteiger charge is 2.45. The SMILES string of the molecule is CC(C)C1(CNC(=O)NC2CCC(C(=O)O)CC2)CC1. The molecule has 0 heterocycles. The number of amides is 2. The van der Waals surface area contributed by atoms with E-state index >= 15 is 0 Å². The number of carboxylic acids is 1. The van der Waals surface area contributed by atoms with Crippen molar-refractivity contribution in [1.82, 2.24) is 10.6 Å². The van der Waals surface area contributed by atoms with Crippen LogP contribution < -0.4 is 10.6 Å². The fraction of sp³-hybridized carbons (Fsp3) is 0.867. The van der Waals surface area contributed by atoms with Gasteiger partial charge in [-0.1, -0.05) is 13.8 Å². The molecule has 2 aliphatic rings. The molecule has 0 aromatic heterocycles. The van der Waals surface area contributed by atoms with Crippen LogP contribution in [0.25, 0.3) is 0 Å². The van der Waals surface area contributed by atoms with E-state index in [2.05, 4.69) is 24.5 Å². The molecule has 3 N–H and O–H groups in total. The van der Waals surface area contributed by atoms with E-state index in [0.29, 0.717) is 24.2 Å². The Hall–Kier alpha value is -1.26. The van der Waals surface area contributed by atoms with Crippen LogP contribution in [0.2, 0.25) is 0 Å². The minimum Gasteiger partial charge on any atom is -0.481 e. The molecule has 2 saturated carbocycles. The Morgan fingerprint density at radius 1 is 1.20 bits per heavy atom. The molecule has 5 heteroatoms. The summed E-state index contributed by atoms with van der Waals surface area (Å²) in [6.07, 6.45) is 5.26. The predicted molar refractivity (Wildman–Crippen MR) is 76.4 cm³/mol. The van der Waals surface area contributed by atoms with Gasteiger partial charge in [0.25, 0.3) is 0 Å². The average molecular weight is 282 g/mol. The molecule has 2 amide bonds. The highest BCUT2D eigenvalue weighted by molar-refractivity contribution is 5.74. The summed E-state index contributed by atoms with van der Waals surface area (Å²) in [7, 11) is 0. The second kappa shape index (κ2) is 6.02. The summed E-state index contributed by atoms with van der Waals surface area (Å²) in [5.74, 6) is -0.332. The van der Waals surface area contributed by atoms with Crippen molar-refractivity contribution in [3.63, 3.8) is 0 Å². The van der Waals surface area contributed by atoms with E-state index in [9.17, 15) is 9.59 Å². The lowest BCUT2D eigenvalue weighted by atomic mass is 9.86. The van der Waals surface area contributed by atoms with Crippen molar-refractivity contribution < 1.29 is 14.7 Å². The smallest absolute Gasteiger partial charge is 0.315 e. The summed E-state index contributed by atoms with van der Waals surface area (Å²) in [5.41, 5.74) is 0.318. The van der Waals surface area contributed by atoms with E-state index in [1.54, 1.807) is 0 Å². The maximum Gasteiger partial charge on any atom is 0.315 e. The number of nitrogens with one attached hydrogen (secondary N) is 2. The van der Waals surface area contributed by atoms with Crippen molar-refractivity contribution in [2.75, 3.05) is 6.54 Å². The van der Waals surface area contributed by atoms with Crippen LogP contribution in [0.4, 0.5) is 4.79 Å². The van der Waals surface area contributed by atoms with Gasteiger partial charge in [-0.3, -0.25) is 4.79 Å². The zero-order valence-corrected chi connectivity index (χ0v) is 12.4. The number of aliphatic carboxylic acids is 1. The van der Waals surface area contributed by atoms with Gasteiger partial charge in [0, 0.05) is 12.6 Å². The highest BCUT2D eigenvalue weighted by atomic mass is 16.4. The van der Waals surface area contributed by atoms with E-state index in [-0.39, 0.29) is 18.0 Å². The lowest BCUT2D eigenvalue weighted by Crippen LogP contribution is -2.46. The predicted octanol–water partition coefficient (Wildman–Crippen LogP) is 2.37. The Labute approximate surface area is 120 Å². The van der Waals surface area contributed by atoms with E-state index in [4.69, 9.17) is 5.11 Å². The van der Waals surface area contributed by atoms with E-state index < -0.39 is 5.97 Å². The first-order valence-electron chi connectivity index (χ1n) is 7.70. The maximum atomic E-state index is 11.9. The standard InChI is InChI=1S/C15H26N2O3/c1-10(2)15(7-8-15)9-16-14(20)17-12-5-3-11(4-6-12)13(18)19/h10-12H,3-9H2,1-2H3,(H,18,19)(H2,16,17,20). The van der Waals surface area contributed by atoms with Gasteiger partial charge in [0.2, 0.25) is 0 Å². The number of urea groups is 1. The Balaban J connectivity index is 1.67. The van der Waals surface area contributed by atoms with Crippen molar-refractivity contribution in [3.05, 3.63) is 0 Å². The summed E-state index contributed by atoms with van der Waals surface area (Å²) < 4.78 is 0. The van der Waals surface area contributed by atoms with Crippen molar-refractivity contribution in [1.29, 1.82) is 0 Å². The molecule has 0 atom stereocenters. The first-order chi connectivity index (χ1) is 9.43. The Bertz CT molecular complexity index is 369. The van der Waals surface area contributed by atoms with Crippen LogP contribution in [0.15, 0.2) is 0 Å². The molecule has 2 aliphatic carbocycles. The first-order valence-corrected chi connectivity index (χ1v) is 7.70. The quantitative estimate of drug-likeness (QED) is 0.724. The second-order valence-electron chi connectivity index (χ2n) is 6.73. The van der Waals surface area contributed by atoms with Crippen molar-refractivity contribution in [3.8, 4) is 0 Å². The molecule has 2 fully saturated rings. The van der Waals surface area contributed by atoms with Gasteiger partial charge in [0.05, 0.1) is 5.92 Å². The van der Waals surface area contributed by atoms with Gasteiger partial charge >= 0.3 is 12.0 Å². The van der Waals surface area contributed by atoms with Crippen LogP contribution in [0.3, 0.4) is 0 Å². The molecule has 0 aromatic carbocycles. The molecule has 0 unspecified atom stereocenters. The molecular weight excluding hydrogens is 256 g/mol. The van der Waals surface area contributed by atoms with E-state index in [0.717, 1.165) is 19.4 Å². The number of rotatable bonds is 5. The molecule has 114 valence electrons. The van der Waals surface area contributed by atoms with Gasteiger partial charge in [-0.05, 0) is 49.9 Å². The molecule has 0 aromatic rings. The summed E-state index contributed by atoms with van der Waals surface area (Å²) in [6, 6.07) is 0.0236. The fourth-order valence-electron chi connectivity index (χ4n) is 3.10. The van der Waals surface area contributed by atoms with Crippen molar-refractivity contribution in [2.24, 2.45) is 17.3 Å². The number of carboxylic acid groups (broad SMARTS) is 1. The van der Waals surface area contributed by atoms with Gasteiger partial charge < -0.3 is 15.7 Å². The lowest BCUT2D eigenvalue weighted by Gasteiger charge is -2.27. The molecule has 0 saturated heterocycles. The minimum atomic E-state index is -0.708. The van der Waals surface area contributed by atoms with Crippen LogP contribution in [0, 0.1) is 17.3 Å². The largest absolute Gasteiger partial charge is 0.481 e. The van der Waals surface area contributed by atoms with Crippen LogP contribution in [0.1, 0.15) is 52.4 Å². The summed E-state index contributed by atoms with van der Waals surface area (Å²) in [5, 5.41) is 14.9. The monoisotopic (exact) mass is 282 g/mol. The Kier molecular flexibility index (Phi) is 4.55. The average Bonchev–Trinajstić information content (AvgIpc) is 3.18.